The highest BCUT2D eigenvalue weighted by molar-refractivity contribution is 5.09. The first-order valence-electron chi connectivity index (χ1n) is 6.02. The Labute approximate surface area is 99.4 Å². The summed E-state index contributed by atoms with van der Waals surface area (Å²) >= 11 is 0. The van der Waals surface area contributed by atoms with Crippen LogP contribution in [0.4, 0.5) is 0 Å². The van der Waals surface area contributed by atoms with E-state index >= 15 is 0 Å². The molecule has 3 saturated heterocycles. The second kappa shape index (κ2) is 4.21. The highest BCUT2D eigenvalue weighted by Gasteiger charge is 2.34. The zero-order valence-corrected chi connectivity index (χ0v) is 9.72. The minimum atomic E-state index is -0.102. The molecular formula is C11H17N5O. The van der Waals surface area contributed by atoms with Gasteiger partial charge in [-0.25, -0.2) is 4.98 Å². The number of aromatic nitrogens is 2. The smallest absolute Gasteiger partial charge is 0.255 e. The maximum Gasteiger partial charge on any atom is 0.255 e. The van der Waals surface area contributed by atoms with Gasteiger partial charge < -0.3 is 10.7 Å². The summed E-state index contributed by atoms with van der Waals surface area (Å²) in [5, 5.41) is 0. The zero-order valence-electron chi connectivity index (χ0n) is 9.72. The summed E-state index contributed by atoms with van der Waals surface area (Å²) in [7, 11) is 0. The van der Waals surface area contributed by atoms with Crippen molar-refractivity contribution in [3.63, 3.8) is 0 Å². The quantitative estimate of drug-likeness (QED) is 0.680. The van der Waals surface area contributed by atoms with E-state index in [1.165, 1.54) is 0 Å². The topological polar surface area (TPSA) is 78.2 Å². The monoisotopic (exact) mass is 235 g/mol. The van der Waals surface area contributed by atoms with E-state index in [0.29, 0.717) is 5.56 Å². The number of nitrogens with zero attached hydrogens (tertiary/aromatic N) is 3. The Kier molecular flexibility index (Phi) is 2.70. The lowest BCUT2D eigenvalue weighted by Crippen LogP contribution is -2.57. The van der Waals surface area contributed by atoms with Crippen molar-refractivity contribution in [1.29, 1.82) is 0 Å². The van der Waals surface area contributed by atoms with Crippen molar-refractivity contribution in [3.05, 3.63) is 27.9 Å². The number of rotatable bonds is 2. The predicted molar refractivity (Wildman–Crippen MR) is 63.5 cm³/mol. The SMILES string of the molecule is NCc1cnc(C2CN3CCN2CC3)[nH]c1=O. The van der Waals surface area contributed by atoms with Crippen LogP contribution in [0, 0.1) is 0 Å². The minimum Gasteiger partial charge on any atom is -0.326 e. The average molecular weight is 235 g/mol. The summed E-state index contributed by atoms with van der Waals surface area (Å²) in [5.74, 6) is 0.775. The number of hydrogen-bond donors (Lipinski definition) is 2. The Balaban J connectivity index is 1.89. The lowest BCUT2D eigenvalue weighted by Gasteiger charge is -2.46. The molecule has 4 rings (SSSR count). The molecule has 1 aromatic heterocycles. The van der Waals surface area contributed by atoms with Crippen LogP contribution in [0.3, 0.4) is 0 Å². The summed E-state index contributed by atoms with van der Waals surface area (Å²) in [6.45, 7) is 5.58. The second-order valence-electron chi connectivity index (χ2n) is 4.68. The van der Waals surface area contributed by atoms with E-state index in [-0.39, 0.29) is 18.1 Å². The fourth-order valence-corrected chi connectivity index (χ4v) is 2.63. The van der Waals surface area contributed by atoms with Crippen LogP contribution in [0.1, 0.15) is 17.4 Å². The van der Waals surface area contributed by atoms with Crippen LogP contribution in [-0.2, 0) is 6.54 Å². The molecule has 3 fully saturated rings. The Morgan fingerprint density at radius 3 is 2.71 bits per heavy atom. The molecule has 0 aromatic carbocycles. The van der Waals surface area contributed by atoms with Crippen LogP contribution in [0.25, 0.3) is 0 Å². The van der Waals surface area contributed by atoms with Gasteiger partial charge in [-0.2, -0.15) is 0 Å². The van der Waals surface area contributed by atoms with Crippen molar-refractivity contribution in [2.45, 2.75) is 12.6 Å². The van der Waals surface area contributed by atoms with Crippen molar-refractivity contribution in [2.75, 3.05) is 32.7 Å². The van der Waals surface area contributed by atoms with Gasteiger partial charge >= 0.3 is 0 Å². The number of aromatic amines is 1. The van der Waals surface area contributed by atoms with Crippen LogP contribution in [0.15, 0.2) is 11.0 Å². The molecule has 3 aliphatic heterocycles. The first-order valence-corrected chi connectivity index (χ1v) is 6.02. The minimum absolute atomic E-state index is 0.102. The third kappa shape index (κ3) is 1.88. The van der Waals surface area contributed by atoms with E-state index in [4.69, 9.17) is 5.73 Å². The zero-order chi connectivity index (χ0) is 11.8. The summed E-state index contributed by atoms with van der Waals surface area (Å²) in [5.41, 5.74) is 5.91. The molecular weight excluding hydrogens is 218 g/mol. The highest BCUT2D eigenvalue weighted by atomic mass is 16.1. The Bertz CT molecular complexity index is 463. The van der Waals surface area contributed by atoms with Crippen LogP contribution in [0.2, 0.25) is 0 Å². The first-order chi connectivity index (χ1) is 8.28. The maximum absolute atomic E-state index is 11.7. The molecule has 6 heteroatoms. The Hall–Kier alpha value is -1.24. The van der Waals surface area contributed by atoms with Crippen LogP contribution >= 0.6 is 0 Å². The number of nitrogens with one attached hydrogen (secondary N) is 1. The Morgan fingerprint density at radius 1 is 1.41 bits per heavy atom. The number of nitrogens with two attached hydrogens (primary N) is 1. The third-order valence-corrected chi connectivity index (χ3v) is 3.71. The number of H-pyrrole nitrogens is 1. The first kappa shape index (κ1) is 10.9. The van der Waals surface area contributed by atoms with Crippen LogP contribution < -0.4 is 11.3 Å². The maximum atomic E-state index is 11.7. The summed E-state index contributed by atoms with van der Waals surface area (Å²) in [4.78, 5) is 23.7. The van der Waals surface area contributed by atoms with E-state index < -0.39 is 0 Å². The molecule has 0 aliphatic carbocycles. The van der Waals surface area contributed by atoms with Gasteiger partial charge in [-0.05, 0) is 0 Å². The van der Waals surface area contributed by atoms with Crippen molar-refractivity contribution in [1.82, 2.24) is 19.8 Å². The van der Waals surface area contributed by atoms with Gasteiger partial charge in [0.1, 0.15) is 5.82 Å². The second-order valence-corrected chi connectivity index (χ2v) is 4.68. The summed E-state index contributed by atoms with van der Waals surface area (Å²) in [6, 6.07) is 0.233. The number of piperazine rings is 3. The van der Waals surface area contributed by atoms with Crippen molar-refractivity contribution in [3.8, 4) is 0 Å². The molecule has 1 aromatic rings. The average Bonchev–Trinajstić information content (AvgIpc) is 2.40. The van der Waals surface area contributed by atoms with Gasteiger partial charge in [0.05, 0.1) is 6.04 Å². The summed E-state index contributed by atoms with van der Waals surface area (Å²) < 4.78 is 0. The third-order valence-electron chi connectivity index (χ3n) is 3.71. The molecule has 1 unspecified atom stereocenters. The molecule has 4 heterocycles. The van der Waals surface area contributed by atoms with E-state index in [0.717, 1.165) is 38.5 Å². The van der Waals surface area contributed by atoms with E-state index in [9.17, 15) is 4.79 Å². The van der Waals surface area contributed by atoms with Gasteiger partial charge in [-0.1, -0.05) is 0 Å². The van der Waals surface area contributed by atoms with Crippen molar-refractivity contribution >= 4 is 0 Å². The van der Waals surface area contributed by atoms with E-state index in [1.54, 1.807) is 6.20 Å². The van der Waals surface area contributed by atoms with E-state index in [1.807, 2.05) is 0 Å². The van der Waals surface area contributed by atoms with Gasteiger partial charge in [-0.15, -0.1) is 0 Å². The van der Waals surface area contributed by atoms with E-state index in [2.05, 4.69) is 19.8 Å². The number of hydrogen-bond acceptors (Lipinski definition) is 5. The lowest BCUT2D eigenvalue weighted by molar-refractivity contribution is 0.00852. The van der Waals surface area contributed by atoms with Crippen LogP contribution in [-0.4, -0.2) is 52.5 Å². The van der Waals surface area contributed by atoms with Crippen LogP contribution in [0.5, 0.6) is 0 Å². The van der Waals surface area contributed by atoms with Crippen molar-refractivity contribution in [2.24, 2.45) is 5.73 Å². The largest absolute Gasteiger partial charge is 0.326 e. The van der Waals surface area contributed by atoms with Gasteiger partial charge in [0.2, 0.25) is 0 Å². The van der Waals surface area contributed by atoms with Gasteiger partial charge in [0.25, 0.3) is 5.56 Å². The molecule has 3 aliphatic rings. The van der Waals surface area contributed by atoms with Gasteiger partial charge in [0, 0.05) is 51.0 Å². The fraction of sp³-hybridized carbons (Fsp3) is 0.636. The molecule has 0 amide bonds. The molecule has 92 valence electrons. The molecule has 2 bridgehead atoms. The fourth-order valence-electron chi connectivity index (χ4n) is 2.63. The Morgan fingerprint density at radius 2 is 2.18 bits per heavy atom. The molecule has 0 saturated carbocycles. The van der Waals surface area contributed by atoms with Gasteiger partial charge in [-0.3, -0.25) is 14.6 Å². The van der Waals surface area contributed by atoms with Crippen molar-refractivity contribution < 1.29 is 0 Å². The lowest BCUT2D eigenvalue weighted by atomic mass is 10.1. The standard InChI is InChI=1S/C11H17N5O/c12-5-8-6-13-10(14-11(8)17)9-7-15-1-3-16(9)4-2-15/h6,9H,1-5,7,12H2,(H,13,14,17). The molecule has 17 heavy (non-hydrogen) atoms. The van der Waals surface area contributed by atoms with Gasteiger partial charge in [0.15, 0.2) is 0 Å². The molecule has 0 spiro atoms. The highest BCUT2D eigenvalue weighted by Crippen LogP contribution is 2.25. The summed E-state index contributed by atoms with van der Waals surface area (Å²) in [6.07, 6.45) is 1.60. The molecule has 3 N–H and O–H groups in total. The molecule has 0 radical (unpaired) electrons. The molecule has 1 atom stereocenters. The number of fused-ring (bicyclic) bond motifs is 3. The normalized spacial score (nSPS) is 31.7. The molecule has 6 nitrogen and oxygen atoms in total. The predicted octanol–water partition coefficient (Wildman–Crippen LogP) is -1.10.